The van der Waals surface area contributed by atoms with Crippen molar-refractivity contribution in [2.45, 2.75) is 439 Å². The molecule has 0 saturated carbocycles. The first-order valence-electron chi connectivity index (χ1n) is 47.3. The van der Waals surface area contributed by atoms with E-state index in [-0.39, 0.29) is 92.5 Å². The Hall–Kier alpha value is -5.70. The average Bonchev–Trinajstić information content (AvgIpc) is 0.775. The minimum absolute atomic E-state index is 0.0425. The van der Waals surface area contributed by atoms with Gasteiger partial charge in [0.2, 0.25) is 0 Å². The van der Waals surface area contributed by atoms with Crippen molar-refractivity contribution in [2.75, 3.05) is 55.6 Å². The van der Waals surface area contributed by atoms with E-state index in [1.165, 1.54) is 76.5 Å². The maximum Gasteiger partial charge on any atom is 0.331 e. The molecule has 6 aliphatic heterocycles. The molecule has 134 heavy (non-hydrogen) atoms. The first kappa shape index (κ1) is 119. The largest absolute Gasteiger partial charge is 0.459 e. The number of carbonyl (C=O) groups excluding carboxylic acids is 8. The van der Waals surface area contributed by atoms with Gasteiger partial charge in [0, 0.05) is 104 Å². The predicted molar refractivity (Wildman–Crippen MR) is 495 cm³/mol. The fourth-order valence-corrected chi connectivity index (χ4v) is 20.7. The third-order valence-corrected chi connectivity index (χ3v) is 32.8. The van der Waals surface area contributed by atoms with Gasteiger partial charge in [-0.3, -0.25) is 28.8 Å². The second-order valence-electron chi connectivity index (χ2n) is 41.7. The van der Waals surface area contributed by atoms with E-state index in [9.17, 15) is 63.9 Å². The number of hydrogen-bond acceptors (Lipinski definition) is 37. The van der Waals surface area contributed by atoms with Gasteiger partial charge in [-0.15, -0.1) is 0 Å². The molecule has 38 heteroatoms. The fraction of sp³-hybridized carbons (Fsp3) is 0.875. The standard InChI is InChI=1S/C53H94N2O17Si.C43H74N2O16/c1-23-40-53(17,61)45(59)32(5)42(54-72-38(11)58)30(3)25-52(16,63-27-29(2)28-64-73(21,22)50(12,13)14)46(71-49-44(67-36(9)56)39(55(18)19)24-31(4)65-49)33(6)43(34(7)48(60)69-40)70-41-26-51(15,62-20)47(35(8)66-41)68-37(10)57;1-17-31-43(13,52)36(49)23(4)33(44-61-29(10)48)21(2)19-41(11,51)37(60-40-35(56-27(8)46)30(45(14)15)18-22(3)54-40)24(5)34(25(6)39(50)58-31)59-32-20-42(12,53-16)38(26(7)55-32)57-28(9)47/h30-35,39-41,43-47,49,59,61H,2,23-28H2,1,3-22H3;21-26,30-32,34-38,40,49,51-52H,17-20H2,1-16H3/b54-42+;44-33+/t30-,31-,32+,33+,34-,35+,39+,40-,41?,43+,44-,45-,46-,47+,49+,51-,52-,53-;21-,22-,23+,24+,25-,26+,30+,31-,32?,34+,35-,36-,37-,38+,40+,41-,42-,43-/m11/s1. The number of oxime groups is 2. The van der Waals surface area contributed by atoms with E-state index in [1.807, 2.05) is 72.6 Å². The molecule has 36 atom stereocenters. The highest BCUT2D eigenvalue weighted by Gasteiger charge is 2.60. The van der Waals surface area contributed by atoms with Crippen LogP contribution >= 0.6 is 0 Å². The molecule has 0 aromatic heterocycles. The van der Waals surface area contributed by atoms with E-state index in [2.05, 4.69) is 50.8 Å². The number of carbonyl (C=O) groups is 8. The van der Waals surface area contributed by atoms with Crippen molar-refractivity contribution in [2.24, 2.45) is 57.7 Å². The van der Waals surface area contributed by atoms with Gasteiger partial charge < -0.3 is 130 Å². The van der Waals surface area contributed by atoms with Crippen molar-refractivity contribution in [3.05, 3.63) is 12.2 Å². The second-order valence-corrected chi connectivity index (χ2v) is 46.5. The minimum Gasteiger partial charge on any atom is -0.459 e. The van der Waals surface area contributed by atoms with Gasteiger partial charge in [0.1, 0.15) is 34.6 Å². The van der Waals surface area contributed by atoms with Crippen LogP contribution in [0.1, 0.15) is 252 Å². The molecule has 6 aliphatic rings. The van der Waals surface area contributed by atoms with Crippen molar-refractivity contribution in [1.29, 1.82) is 0 Å². The molecule has 0 aromatic carbocycles. The summed E-state index contributed by atoms with van der Waals surface area (Å²) >= 11 is 0. The summed E-state index contributed by atoms with van der Waals surface area (Å²) in [7, 11) is 8.19. The normalized spacial score (nSPS) is 41.2. The van der Waals surface area contributed by atoms with Crippen LogP contribution in [0.15, 0.2) is 22.5 Å². The van der Waals surface area contributed by atoms with Crippen LogP contribution in [0.5, 0.6) is 0 Å². The molecule has 0 aromatic rings. The summed E-state index contributed by atoms with van der Waals surface area (Å²) in [4.78, 5) is 118. The Labute approximate surface area is 796 Å². The Bertz CT molecular complexity index is 3930. The fourth-order valence-electron chi connectivity index (χ4n) is 19.7. The number of methoxy groups -OCH3 is 2. The maximum absolute atomic E-state index is 14.9. The van der Waals surface area contributed by atoms with Crippen molar-refractivity contribution in [1.82, 2.24) is 9.80 Å². The Balaban J connectivity index is 0.000000481. The zero-order valence-electron chi connectivity index (χ0n) is 87.1. The minimum atomic E-state index is -2.26. The number of rotatable bonds is 26. The van der Waals surface area contributed by atoms with Crippen LogP contribution in [0.3, 0.4) is 0 Å². The number of nitrogens with zero attached hydrogens (tertiary/aromatic N) is 4. The molecule has 37 nitrogen and oxygen atoms in total. The van der Waals surface area contributed by atoms with Crippen LogP contribution in [-0.2, 0) is 133 Å². The highest BCUT2D eigenvalue weighted by atomic mass is 28.4. The van der Waals surface area contributed by atoms with Crippen molar-refractivity contribution < 1.29 is 159 Å². The highest BCUT2D eigenvalue weighted by Crippen LogP contribution is 2.48. The van der Waals surface area contributed by atoms with Crippen LogP contribution in [0.4, 0.5) is 0 Å². The van der Waals surface area contributed by atoms with E-state index in [4.69, 9.17) is 94.6 Å². The molecular formula is C96H168N4O33Si. The molecule has 0 amide bonds. The quantitative estimate of drug-likeness (QED) is 0.0134. The lowest BCUT2D eigenvalue weighted by Crippen LogP contribution is -2.62. The van der Waals surface area contributed by atoms with E-state index < -0.39 is 248 Å². The second kappa shape index (κ2) is 49.1. The first-order valence-corrected chi connectivity index (χ1v) is 50.2. The molecule has 0 bridgehead atoms. The van der Waals surface area contributed by atoms with Crippen LogP contribution in [-0.4, -0.2) is 327 Å². The van der Waals surface area contributed by atoms with Gasteiger partial charge >= 0.3 is 47.8 Å². The summed E-state index contributed by atoms with van der Waals surface area (Å²) in [6, 6.07) is -0.711. The lowest BCUT2D eigenvalue weighted by atomic mass is 9.73. The molecular weight excluding hydrogens is 1770 g/mol. The number of cyclic esters (lactones) is 2. The summed E-state index contributed by atoms with van der Waals surface area (Å²) in [6.07, 6.45) is -19.6. The number of hydrogen-bond donors (Lipinski definition) is 5. The van der Waals surface area contributed by atoms with Crippen LogP contribution in [0, 0.1) is 47.3 Å². The monoisotopic (exact) mass is 1930 g/mol. The molecule has 6 saturated heterocycles. The number of aliphatic hydroxyl groups is 5. The average molecular weight is 1930 g/mol. The van der Waals surface area contributed by atoms with Crippen LogP contribution in [0.2, 0.25) is 18.1 Å². The Morgan fingerprint density at radius 2 is 0.828 bits per heavy atom. The van der Waals surface area contributed by atoms with Gasteiger partial charge in [-0.2, -0.15) is 0 Å². The van der Waals surface area contributed by atoms with Crippen LogP contribution < -0.4 is 0 Å². The SMILES string of the molecule is C=C(CO[C@]1(C)C[C@@H](C)/C(=N\OC(C)=O)[C@H](C)[C@@H](O)[C@](C)(O)[C@@H](CC)OC(=O)[C@H](C)[C@@H](OC2C[C@@](C)(OC)[C@@H](OC(C)=O)[C@H](C)O2)[C@H](C)[C@H]1O[C@@H]1O[C@H](C)C[C@H](N(C)C)[C@H]1OC(C)=O)CO[Si](C)(C)C(C)(C)C.CC[C@H]1OC(=O)[C@H](C)[C@@H](OC2C[C@@](C)(OC)[C@@H](OC(C)=O)[C@H](C)O2)[C@H](C)[C@@H](O[C@@H]2O[C@H](C)C[C@H](N(C)C)[C@H]2OC(C)=O)[C@](C)(O)C[C@@H](C)/C(=N\OC(C)=O)[C@H](C)[C@@H](O)[C@]1(C)O. The van der Waals surface area contributed by atoms with Crippen molar-refractivity contribution >= 4 is 67.5 Å². The third-order valence-electron chi connectivity index (χ3n) is 28.4. The Morgan fingerprint density at radius 1 is 0.478 bits per heavy atom. The molecule has 2 unspecified atom stereocenters. The van der Waals surface area contributed by atoms with E-state index in [1.54, 1.807) is 83.1 Å². The molecule has 6 rings (SSSR count). The Kier molecular flexibility index (Phi) is 43.6. The van der Waals surface area contributed by atoms with Gasteiger partial charge in [-0.1, -0.05) is 93.1 Å². The molecule has 0 spiro atoms. The lowest BCUT2D eigenvalue weighted by molar-refractivity contribution is -0.321. The predicted octanol–water partition coefficient (Wildman–Crippen LogP) is 10.2. The molecule has 0 aliphatic carbocycles. The van der Waals surface area contributed by atoms with E-state index in [0.29, 0.717) is 18.4 Å². The van der Waals surface area contributed by atoms with Crippen molar-refractivity contribution in [3.8, 4) is 0 Å². The number of aliphatic hydroxyl groups excluding tert-OH is 2. The number of likely N-dealkylation sites (N-methyl/N-ethyl adjacent to an activating group) is 2. The summed E-state index contributed by atoms with van der Waals surface area (Å²) in [5, 5.41) is 69.4. The van der Waals surface area contributed by atoms with E-state index in [0.717, 1.165) is 0 Å². The number of esters is 6. The number of ether oxygens (including phenoxy) is 17. The van der Waals surface area contributed by atoms with Crippen molar-refractivity contribution in [3.63, 3.8) is 0 Å². The van der Waals surface area contributed by atoms with Gasteiger partial charge in [-0.05, 0) is 174 Å². The molecule has 5 N–H and O–H groups in total. The summed E-state index contributed by atoms with van der Waals surface area (Å²) < 4.78 is 115. The zero-order valence-corrected chi connectivity index (χ0v) is 88.1. The molecule has 774 valence electrons. The van der Waals surface area contributed by atoms with Gasteiger partial charge in [0.15, 0.2) is 57.9 Å². The van der Waals surface area contributed by atoms with Gasteiger partial charge in [0.25, 0.3) is 0 Å². The van der Waals surface area contributed by atoms with Crippen LogP contribution in [0.25, 0.3) is 0 Å². The highest BCUT2D eigenvalue weighted by molar-refractivity contribution is 6.74. The molecule has 6 heterocycles. The summed E-state index contributed by atoms with van der Waals surface area (Å²) in [5.74, 6) is -12.7. The summed E-state index contributed by atoms with van der Waals surface area (Å²) in [5.41, 5.74) is -8.71. The maximum atomic E-state index is 14.9. The molecule has 0 radical (unpaired) electrons. The van der Waals surface area contributed by atoms with Gasteiger partial charge in [-0.25, -0.2) is 9.59 Å². The Morgan fingerprint density at radius 3 is 1.16 bits per heavy atom. The topological polar surface area (TPSA) is 454 Å². The summed E-state index contributed by atoms with van der Waals surface area (Å²) in [6.45, 7) is 56.7. The first-order chi connectivity index (χ1) is 61.6. The zero-order chi connectivity index (χ0) is 102. The molecule has 6 fully saturated rings. The lowest BCUT2D eigenvalue weighted by Gasteiger charge is -2.50. The van der Waals surface area contributed by atoms with E-state index >= 15 is 0 Å². The van der Waals surface area contributed by atoms with Gasteiger partial charge in [0.05, 0.1) is 121 Å². The smallest absolute Gasteiger partial charge is 0.331 e. The third kappa shape index (κ3) is 30.4.